The number of likely N-dealkylation sites (tertiary alicyclic amines) is 1. The smallest absolute Gasteiger partial charge is 0.337 e. The van der Waals surface area contributed by atoms with Gasteiger partial charge in [-0.25, -0.2) is 4.79 Å². The molecule has 1 aromatic heterocycles. The predicted molar refractivity (Wildman–Crippen MR) is 96.8 cm³/mol. The molecule has 0 saturated carbocycles. The maximum absolute atomic E-state index is 11.8. The third kappa shape index (κ3) is 3.06. The Morgan fingerprint density at radius 1 is 1.21 bits per heavy atom. The lowest BCUT2D eigenvalue weighted by atomic mass is 10.0. The molecule has 0 amide bonds. The molecule has 5 nitrogen and oxygen atoms in total. The van der Waals surface area contributed by atoms with Crippen molar-refractivity contribution in [3.05, 3.63) is 34.5 Å². The van der Waals surface area contributed by atoms with Gasteiger partial charge in [0, 0.05) is 30.7 Å². The average Bonchev–Trinajstić information content (AvgIpc) is 3.13. The van der Waals surface area contributed by atoms with Crippen molar-refractivity contribution < 1.29 is 9.90 Å². The number of aromatic carboxylic acids is 1. The molecule has 0 atom stereocenters. The molecule has 1 aromatic carbocycles. The molecule has 0 radical (unpaired) electrons. The van der Waals surface area contributed by atoms with Gasteiger partial charge >= 0.3 is 5.97 Å². The number of fused-ring (bicyclic) bond motifs is 1. The van der Waals surface area contributed by atoms with Crippen LogP contribution in [0.15, 0.2) is 12.1 Å². The first-order valence-electron chi connectivity index (χ1n) is 8.81. The van der Waals surface area contributed by atoms with E-state index in [0.29, 0.717) is 18.7 Å². The maximum atomic E-state index is 11.8. The number of carbonyl (C=O) groups is 1. The summed E-state index contributed by atoms with van der Waals surface area (Å²) in [6, 6.07) is 3.89. The van der Waals surface area contributed by atoms with Gasteiger partial charge in [0.1, 0.15) is 0 Å². The maximum Gasteiger partial charge on any atom is 0.337 e. The summed E-state index contributed by atoms with van der Waals surface area (Å²) in [4.78, 5) is 14.3. The fraction of sp³-hybridized carbons (Fsp3) is 0.526. The Labute approximate surface area is 143 Å². The summed E-state index contributed by atoms with van der Waals surface area (Å²) in [6.45, 7) is 8.61. The first kappa shape index (κ1) is 17.0. The lowest BCUT2D eigenvalue weighted by molar-refractivity contribution is 0.0698. The molecule has 2 heterocycles. The lowest BCUT2D eigenvalue weighted by Gasteiger charge is -2.14. The molecule has 130 valence electrons. The van der Waals surface area contributed by atoms with Crippen LogP contribution in [0.3, 0.4) is 0 Å². The Morgan fingerprint density at radius 2 is 1.92 bits per heavy atom. The van der Waals surface area contributed by atoms with Gasteiger partial charge in [0.15, 0.2) is 0 Å². The first-order chi connectivity index (χ1) is 11.5. The number of hydrogen-bond acceptors (Lipinski definition) is 3. The van der Waals surface area contributed by atoms with Crippen LogP contribution in [0.25, 0.3) is 10.9 Å². The molecule has 3 N–H and O–H groups in total. The number of hydrogen-bond donors (Lipinski definition) is 2. The Hall–Kier alpha value is -1.85. The van der Waals surface area contributed by atoms with Crippen LogP contribution < -0.4 is 5.73 Å². The summed E-state index contributed by atoms with van der Waals surface area (Å²) in [5.41, 5.74) is 10.4. The first-order valence-corrected chi connectivity index (χ1v) is 8.81. The zero-order valence-electron chi connectivity index (χ0n) is 14.6. The number of benzene rings is 1. The topological polar surface area (TPSA) is 71.5 Å². The van der Waals surface area contributed by atoms with Crippen molar-refractivity contribution >= 4 is 16.9 Å². The van der Waals surface area contributed by atoms with Crippen molar-refractivity contribution in [2.75, 3.05) is 26.2 Å². The van der Waals surface area contributed by atoms with E-state index in [9.17, 15) is 9.90 Å². The van der Waals surface area contributed by atoms with Crippen LogP contribution in [0.1, 0.15) is 40.0 Å². The fourth-order valence-electron chi connectivity index (χ4n) is 3.99. The van der Waals surface area contributed by atoms with E-state index >= 15 is 0 Å². The minimum atomic E-state index is -0.870. The summed E-state index contributed by atoms with van der Waals surface area (Å²) in [5, 5.41) is 10.7. The van der Waals surface area contributed by atoms with Gasteiger partial charge in [-0.3, -0.25) is 0 Å². The van der Waals surface area contributed by atoms with Crippen LogP contribution >= 0.6 is 0 Å². The molecule has 1 aliphatic heterocycles. The molecule has 1 aliphatic rings. The van der Waals surface area contributed by atoms with Gasteiger partial charge in [0.05, 0.1) is 11.1 Å². The third-order valence-electron chi connectivity index (χ3n) is 5.15. The van der Waals surface area contributed by atoms with Gasteiger partial charge in [-0.1, -0.05) is 0 Å². The molecule has 0 spiro atoms. The van der Waals surface area contributed by atoms with Crippen molar-refractivity contribution in [2.24, 2.45) is 5.73 Å². The Balaban J connectivity index is 2.09. The normalized spacial score (nSPS) is 15.5. The molecule has 1 fully saturated rings. The van der Waals surface area contributed by atoms with Crippen LogP contribution in [0.5, 0.6) is 0 Å². The third-order valence-corrected chi connectivity index (χ3v) is 5.15. The second kappa shape index (κ2) is 6.95. The zero-order chi connectivity index (χ0) is 17.3. The van der Waals surface area contributed by atoms with Crippen molar-refractivity contribution in [3.63, 3.8) is 0 Å². The monoisotopic (exact) mass is 329 g/mol. The molecule has 0 bridgehead atoms. The van der Waals surface area contributed by atoms with Crippen LogP contribution in [0, 0.1) is 13.8 Å². The highest BCUT2D eigenvalue weighted by molar-refractivity contribution is 6.04. The quantitative estimate of drug-likeness (QED) is 0.854. The number of nitrogens with two attached hydrogens (primary N) is 1. The SMILES string of the molecule is Cc1cc(C(=O)O)c2c(c1)c(CCN1CCCC1)c(C)n2CCN. The molecule has 0 unspecified atom stereocenters. The number of aromatic nitrogens is 1. The summed E-state index contributed by atoms with van der Waals surface area (Å²) in [6.07, 6.45) is 3.54. The molecular formula is C19H27N3O2. The van der Waals surface area contributed by atoms with Crippen LogP contribution in [-0.4, -0.2) is 46.7 Å². The van der Waals surface area contributed by atoms with E-state index in [2.05, 4.69) is 22.5 Å². The van der Waals surface area contributed by atoms with E-state index in [1.807, 2.05) is 6.92 Å². The number of aryl methyl sites for hydroxylation is 1. The molecule has 1 saturated heterocycles. The van der Waals surface area contributed by atoms with Crippen molar-refractivity contribution in [3.8, 4) is 0 Å². The second-order valence-electron chi connectivity index (χ2n) is 6.82. The summed E-state index contributed by atoms with van der Waals surface area (Å²) < 4.78 is 2.09. The highest BCUT2D eigenvalue weighted by atomic mass is 16.4. The van der Waals surface area contributed by atoms with Gasteiger partial charge in [-0.2, -0.15) is 0 Å². The lowest BCUT2D eigenvalue weighted by Crippen LogP contribution is -2.22. The second-order valence-corrected chi connectivity index (χ2v) is 6.82. The van der Waals surface area contributed by atoms with Gasteiger partial charge in [-0.15, -0.1) is 0 Å². The Kier molecular flexibility index (Phi) is 4.92. The highest BCUT2D eigenvalue weighted by Crippen LogP contribution is 2.31. The molecule has 5 heteroatoms. The van der Waals surface area contributed by atoms with Crippen LogP contribution in [-0.2, 0) is 13.0 Å². The minimum Gasteiger partial charge on any atom is -0.478 e. The number of nitrogens with zero attached hydrogens (tertiary/aromatic N) is 2. The van der Waals surface area contributed by atoms with E-state index < -0.39 is 5.97 Å². The van der Waals surface area contributed by atoms with Crippen LogP contribution in [0.4, 0.5) is 0 Å². The van der Waals surface area contributed by atoms with Crippen molar-refractivity contribution in [1.29, 1.82) is 0 Å². The largest absolute Gasteiger partial charge is 0.478 e. The Bertz CT molecular complexity index is 758. The van der Waals surface area contributed by atoms with E-state index in [4.69, 9.17) is 5.73 Å². The number of carboxylic acid groups (broad SMARTS) is 1. The van der Waals surface area contributed by atoms with Crippen LogP contribution in [0.2, 0.25) is 0 Å². The average molecular weight is 329 g/mol. The van der Waals surface area contributed by atoms with Gasteiger partial charge in [0.25, 0.3) is 0 Å². The van der Waals surface area contributed by atoms with E-state index in [1.165, 1.54) is 31.5 Å². The minimum absolute atomic E-state index is 0.383. The van der Waals surface area contributed by atoms with E-state index in [-0.39, 0.29) is 0 Å². The standard InChI is InChI=1S/C19H27N3O2/c1-13-11-16-15(5-9-21-7-3-4-8-21)14(2)22(10-6-20)18(16)17(12-13)19(23)24/h11-12H,3-10,20H2,1-2H3,(H,23,24). The Morgan fingerprint density at radius 3 is 2.54 bits per heavy atom. The zero-order valence-corrected chi connectivity index (χ0v) is 14.6. The van der Waals surface area contributed by atoms with E-state index in [1.54, 1.807) is 6.07 Å². The number of carboxylic acids is 1. The molecule has 24 heavy (non-hydrogen) atoms. The van der Waals surface area contributed by atoms with Gasteiger partial charge in [0.2, 0.25) is 0 Å². The summed E-state index contributed by atoms with van der Waals surface area (Å²) >= 11 is 0. The molecular weight excluding hydrogens is 302 g/mol. The van der Waals surface area contributed by atoms with E-state index in [0.717, 1.165) is 35.1 Å². The summed E-state index contributed by atoms with van der Waals surface area (Å²) in [5.74, 6) is -0.870. The molecule has 2 aromatic rings. The fourth-order valence-corrected chi connectivity index (χ4v) is 3.99. The van der Waals surface area contributed by atoms with Gasteiger partial charge < -0.3 is 20.3 Å². The molecule has 3 rings (SSSR count). The predicted octanol–water partition coefficient (Wildman–Crippen LogP) is 2.55. The highest BCUT2D eigenvalue weighted by Gasteiger charge is 2.21. The summed E-state index contributed by atoms with van der Waals surface area (Å²) in [7, 11) is 0. The number of rotatable bonds is 6. The van der Waals surface area contributed by atoms with Crippen molar-refractivity contribution in [2.45, 2.75) is 39.7 Å². The van der Waals surface area contributed by atoms with Crippen molar-refractivity contribution in [1.82, 2.24) is 9.47 Å². The van der Waals surface area contributed by atoms with Gasteiger partial charge in [-0.05, 0) is 69.5 Å². The molecule has 0 aliphatic carbocycles.